The minimum atomic E-state index is -0.0869. The zero-order valence-electron chi connectivity index (χ0n) is 17.4. The van der Waals surface area contributed by atoms with Crippen molar-refractivity contribution in [2.24, 2.45) is 5.92 Å². The maximum Gasteiger partial charge on any atom is 0.230 e. The first-order valence-corrected chi connectivity index (χ1v) is 10.9. The number of aromatic hydroxyl groups is 1. The molecule has 2 aromatic heterocycles. The van der Waals surface area contributed by atoms with Crippen LogP contribution in [0.15, 0.2) is 18.2 Å². The zero-order chi connectivity index (χ0) is 20.5. The van der Waals surface area contributed by atoms with Gasteiger partial charge < -0.3 is 14.6 Å². The maximum absolute atomic E-state index is 11.0. The number of methoxy groups -OCH3 is 1. The lowest BCUT2D eigenvalue weighted by atomic mass is 9.95. The van der Waals surface area contributed by atoms with Gasteiger partial charge in [-0.05, 0) is 56.8 Å². The standard InChI is InChI=1S/C21H28N4O3S/c1-5-28-16-9-8-15(11-17(16)27-4)18(24-10-6-7-13(2)12-24)19-20(26)25-21(29-19)22-14(3)23-25/h8-9,11,13,18,26H,5-7,10,12H2,1-4H3/t13-,18-/m1/s1. The summed E-state index contributed by atoms with van der Waals surface area (Å²) in [6.45, 7) is 8.62. The van der Waals surface area contributed by atoms with Crippen molar-refractivity contribution < 1.29 is 14.6 Å². The van der Waals surface area contributed by atoms with Gasteiger partial charge in [0.2, 0.25) is 10.8 Å². The van der Waals surface area contributed by atoms with Crippen LogP contribution in [0.1, 0.15) is 49.0 Å². The third-order valence-corrected chi connectivity index (χ3v) is 6.48. The average Bonchev–Trinajstić information content (AvgIpc) is 3.21. The molecule has 4 rings (SSSR count). The normalized spacial score (nSPS) is 18.8. The summed E-state index contributed by atoms with van der Waals surface area (Å²) in [6.07, 6.45) is 2.38. The lowest BCUT2D eigenvalue weighted by molar-refractivity contribution is 0.149. The van der Waals surface area contributed by atoms with E-state index in [-0.39, 0.29) is 11.9 Å². The van der Waals surface area contributed by atoms with E-state index in [0.717, 1.165) is 35.7 Å². The maximum atomic E-state index is 11.0. The monoisotopic (exact) mass is 416 g/mol. The molecule has 0 aliphatic carbocycles. The number of thiazole rings is 1. The molecule has 7 nitrogen and oxygen atoms in total. The number of ether oxygens (including phenoxy) is 2. The Bertz CT molecular complexity index is 999. The quantitative estimate of drug-likeness (QED) is 0.654. The number of benzene rings is 1. The number of hydrogen-bond acceptors (Lipinski definition) is 7. The van der Waals surface area contributed by atoms with Crippen LogP contribution >= 0.6 is 11.3 Å². The van der Waals surface area contributed by atoms with E-state index in [1.54, 1.807) is 11.6 Å². The van der Waals surface area contributed by atoms with E-state index in [4.69, 9.17) is 9.47 Å². The minimum absolute atomic E-state index is 0.0869. The number of piperidine rings is 1. The van der Waals surface area contributed by atoms with Crippen LogP contribution in [-0.4, -0.2) is 51.4 Å². The van der Waals surface area contributed by atoms with Crippen LogP contribution in [0.5, 0.6) is 17.4 Å². The molecule has 3 aromatic rings. The van der Waals surface area contributed by atoms with E-state index in [1.807, 2.05) is 26.0 Å². The minimum Gasteiger partial charge on any atom is -0.493 e. The van der Waals surface area contributed by atoms with Crippen LogP contribution < -0.4 is 9.47 Å². The summed E-state index contributed by atoms with van der Waals surface area (Å²) in [5.41, 5.74) is 1.07. The summed E-state index contributed by atoms with van der Waals surface area (Å²) < 4.78 is 12.8. The predicted molar refractivity (Wildman–Crippen MR) is 113 cm³/mol. The van der Waals surface area contributed by atoms with Gasteiger partial charge in [-0.2, -0.15) is 4.52 Å². The fraction of sp³-hybridized carbons (Fsp3) is 0.524. The molecule has 0 bridgehead atoms. The van der Waals surface area contributed by atoms with Gasteiger partial charge in [0.05, 0.1) is 24.6 Å². The molecule has 2 atom stereocenters. The van der Waals surface area contributed by atoms with Gasteiger partial charge in [-0.3, -0.25) is 4.90 Å². The van der Waals surface area contributed by atoms with Crippen molar-refractivity contribution in [2.75, 3.05) is 26.8 Å². The molecule has 1 fully saturated rings. The van der Waals surface area contributed by atoms with E-state index in [9.17, 15) is 5.11 Å². The molecule has 3 heterocycles. The fourth-order valence-electron chi connectivity index (χ4n) is 4.14. The molecule has 0 saturated carbocycles. The zero-order valence-corrected chi connectivity index (χ0v) is 18.2. The van der Waals surface area contributed by atoms with Gasteiger partial charge in [0.25, 0.3) is 0 Å². The van der Waals surface area contributed by atoms with Crippen LogP contribution in [0, 0.1) is 12.8 Å². The van der Waals surface area contributed by atoms with Crippen molar-refractivity contribution in [1.82, 2.24) is 19.5 Å². The Morgan fingerprint density at radius 3 is 2.86 bits per heavy atom. The number of nitrogens with zero attached hydrogens (tertiary/aromatic N) is 4. The Labute approximate surface area is 174 Å². The Hall–Kier alpha value is -2.32. The first-order valence-electron chi connectivity index (χ1n) is 10.1. The van der Waals surface area contributed by atoms with Crippen molar-refractivity contribution in [1.29, 1.82) is 0 Å². The van der Waals surface area contributed by atoms with Crippen molar-refractivity contribution in [3.05, 3.63) is 34.5 Å². The molecule has 0 spiro atoms. The number of hydrogen-bond donors (Lipinski definition) is 1. The second-order valence-electron chi connectivity index (χ2n) is 7.63. The van der Waals surface area contributed by atoms with E-state index in [1.165, 1.54) is 17.8 Å². The Morgan fingerprint density at radius 1 is 1.34 bits per heavy atom. The van der Waals surface area contributed by atoms with Gasteiger partial charge in [0.1, 0.15) is 5.82 Å². The molecule has 156 valence electrons. The lowest BCUT2D eigenvalue weighted by Gasteiger charge is -2.37. The molecule has 1 aromatic carbocycles. The summed E-state index contributed by atoms with van der Waals surface area (Å²) in [7, 11) is 1.66. The molecule has 1 aliphatic heterocycles. The highest BCUT2D eigenvalue weighted by Crippen LogP contribution is 2.43. The van der Waals surface area contributed by atoms with E-state index >= 15 is 0 Å². The van der Waals surface area contributed by atoms with Crippen molar-refractivity contribution >= 4 is 16.3 Å². The summed E-state index contributed by atoms with van der Waals surface area (Å²) in [4.78, 5) is 8.47. The summed E-state index contributed by atoms with van der Waals surface area (Å²) in [5.74, 6) is 2.87. The molecule has 0 unspecified atom stereocenters. The SMILES string of the molecule is CCOc1ccc([C@H](c2sc3nc(C)nn3c2O)N2CCC[C@@H](C)C2)cc1OC. The summed E-state index contributed by atoms with van der Waals surface area (Å²) in [5, 5.41) is 15.3. The number of likely N-dealkylation sites (tertiary alicyclic amines) is 1. The molecule has 1 aliphatic rings. The van der Waals surface area contributed by atoms with Crippen molar-refractivity contribution in [3.8, 4) is 17.4 Å². The van der Waals surface area contributed by atoms with Gasteiger partial charge in [0.15, 0.2) is 11.5 Å². The molecule has 8 heteroatoms. The molecular formula is C21H28N4O3S. The van der Waals surface area contributed by atoms with Gasteiger partial charge in [-0.1, -0.05) is 24.3 Å². The number of fused-ring (bicyclic) bond motifs is 1. The first-order chi connectivity index (χ1) is 14.0. The summed E-state index contributed by atoms with van der Waals surface area (Å²) in [6, 6.07) is 5.96. The number of aryl methyl sites for hydroxylation is 1. The molecule has 1 saturated heterocycles. The molecule has 1 N–H and O–H groups in total. The van der Waals surface area contributed by atoms with E-state index in [0.29, 0.717) is 29.1 Å². The Morgan fingerprint density at radius 2 is 2.17 bits per heavy atom. The largest absolute Gasteiger partial charge is 0.493 e. The van der Waals surface area contributed by atoms with Crippen molar-refractivity contribution in [3.63, 3.8) is 0 Å². The van der Waals surface area contributed by atoms with Gasteiger partial charge >= 0.3 is 0 Å². The van der Waals surface area contributed by atoms with Crippen LogP contribution in [0.25, 0.3) is 4.96 Å². The average molecular weight is 417 g/mol. The highest BCUT2D eigenvalue weighted by atomic mass is 32.1. The molecular weight excluding hydrogens is 388 g/mol. The second-order valence-corrected chi connectivity index (χ2v) is 8.64. The highest BCUT2D eigenvalue weighted by molar-refractivity contribution is 7.17. The third-order valence-electron chi connectivity index (χ3n) is 5.41. The molecule has 0 radical (unpaired) electrons. The second kappa shape index (κ2) is 8.20. The van der Waals surface area contributed by atoms with Gasteiger partial charge in [-0.25, -0.2) is 4.98 Å². The van der Waals surface area contributed by atoms with Crippen LogP contribution in [0.3, 0.4) is 0 Å². The van der Waals surface area contributed by atoms with Crippen LogP contribution in [0.4, 0.5) is 0 Å². The first kappa shape index (κ1) is 20.0. The van der Waals surface area contributed by atoms with Gasteiger partial charge in [0, 0.05) is 6.54 Å². The van der Waals surface area contributed by atoms with Crippen molar-refractivity contribution in [2.45, 2.75) is 39.7 Å². The van der Waals surface area contributed by atoms with Crippen LogP contribution in [0.2, 0.25) is 0 Å². The fourth-order valence-corrected chi connectivity index (χ4v) is 5.31. The molecule has 29 heavy (non-hydrogen) atoms. The lowest BCUT2D eigenvalue weighted by Crippen LogP contribution is -2.37. The Kier molecular flexibility index (Phi) is 5.65. The Balaban J connectivity index is 1.82. The topological polar surface area (TPSA) is 72.1 Å². The van der Waals surface area contributed by atoms with Gasteiger partial charge in [-0.15, -0.1) is 5.10 Å². The predicted octanol–water partition coefficient (Wildman–Crippen LogP) is 4.03. The van der Waals surface area contributed by atoms with Crippen LogP contribution in [-0.2, 0) is 0 Å². The van der Waals surface area contributed by atoms with E-state index in [2.05, 4.69) is 28.0 Å². The van der Waals surface area contributed by atoms with E-state index < -0.39 is 0 Å². The summed E-state index contributed by atoms with van der Waals surface area (Å²) >= 11 is 1.50. The smallest absolute Gasteiger partial charge is 0.230 e. The number of aromatic nitrogens is 3. The molecule has 0 amide bonds. The highest BCUT2D eigenvalue weighted by Gasteiger charge is 2.32. The third kappa shape index (κ3) is 3.79. The number of rotatable bonds is 6.